The lowest BCUT2D eigenvalue weighted by molar-refractivity contribution is -0.138. The summed E-state index contributed by atoms with van der Waals surface area (Å²) in [6, 6.07) is 0. The van der Waals surface area contributed by atoms with E-state index in [0.29, 0.717) is 24.2 Å². The highest BCUT2D eigenvalue weighted by molar-refractivity contribution is 5.98. The van der Waals surface area contributed by atoms with Gasteiger partial charge in [0.15, 0.2) is 5.78 Å². The van der Waals surface area contributed by atoms with E-state index in [1.165, 1.54) is 6.92 Å². The lowest BCUT2D eigenvalue weighted by atomic mass is 10.0. The van der Waals surface area contributed by atoms with Crippen molar-refractivity contribution >= 4 is 11.8 Å². The molecule has 0 bridgehead atoms. The Labute approximate surface area is 89.1 Å². The third kappa shape index (κ3) is 3.20. The van der Waals surface area contributed by atoms with Crippen molar-refractivity contribution in [3.63, 3.8) is 0 Å². The number of carbonyl (C=O) groups excluding carboxylic acids is 2. The van der Waals surface area contributed by atoms with E-state index in [2.05, 4.69) is 0 Å². The largest absolute Gasteiger partial charge is 0.463 e. The van der Waals surface area contributed by atoms with Crippen molar-refractivity contribution in [1.29, 1.82) is 0 Å². The standard InChI is InChI=1S/C12H14O3/c1-3-15-12(14)11-7-5-4-6-10(8-11)9(2)13/h4-7H,3,8H2,1-2H3. The highest BCUT2D eigenvalue weighted by Crippen LogP contribution is 2.16. The smallest absolute Gasteiger partial charge is 0.334 e. The molecular weight excluding hydrogens is 192 g/mol. The summed E-state index contributed by atoms with van der Waals surface area (Å²) in [5.41, 5.74) is 1.15. The molecule has 0 atom stereocenters. The molecule has 0 aromatic carbocycles. The molecule has 1 rings (SSSR count). The minimum atomic E-state index is -0.351. The van der Waals surface area contributed by atoms with E-state index in [0.717, 1.165) is 0 Å². The molecule has 0 radical (unpaired) electrons. The van der Waals surface area contributed by atoms with Gasteiger partial charge in [-0.15, -0.1) is 0 Å². The molecule has 0 spiro atoms. The Morgan fingerprint density at radius 1 is 1.27 bits per heavy atom. The van der Waals surface area contributed by atoms with Gasteiger partial charge in [0.2, 0.25) is 0 Å². The SMILES string of the molecule is CCOC(=O)C1=CC=CC=C(C(C)=O)C1. The molecule has 0 fully saturated rings. The van der Waals surface area contributed by atoms with Crippen LogP contribution in [0.1, 0.15) is 20.3 Å². The van der Waals surface area contributed by atoms with Crippen LogP contribution < -0.4 is 0 Å². The van der Waals surface area contributed by atoms with Gasteiger partial charge in [-0.2, -0.15) is 0 Å². The number of carbonyl (C=O) groups is 2. The van der Waals surface area contributed by atoms with Crippen LogP contribution in [0.25, 0.3) is 0 Å². The Balaban J connectivity index is 2.81. The van der Waals surface area contributed by atoms with Crippen molar-refractivity contribution in [1.82, 2.24) is 0 Å². The minimum Gasteiger partial charge on any atom is -0.463 e. The zero-order chi connectivity index (χ0) is 11.3. The Morgan fingerprint density at radius 3 is 2.40 bits per heavy atom. The molecule has 0 amide bonds. The molecule has 0 aliphatic heterocycles. The van der Waals surface area contributed by atoms with Gasteiger partial charge in [-0.05, 0) is 19.4 Å². The average molecular weight is 206 g/mol. The summed E-state index contributed by atoms with van der Waals surface area (Å²) in [6.07, 6.45) is 7.25. The second kappa shape index (κ2) is 5.29. The van der Waals surface area contributed by atoms with Crippen molar-refractivity contribution in [3.05, 3.63) is 35.5 Å². The van der Waals surface area contributed by atoms with Gasteiger partial charge in [-0.1, -0.05) is 24.3 Å². The van der Waals surface area contributed by atoms with Crippen LogP contribution >= 0.6 is 0 Å². The number of Topliss-reactive ketones (excluding diaryl/α,β-unsaturated/α-hetero) is 1. The third-order valence-electron chi connectivity index (χ3n) is 2.08. The van der Waals surface area contributed by atoms with Crippen LogP contribution in [0.2, 0.25) is 0 Å². The number of esters is 1. The van der Waals surface area contributed by atoms with Gasteiger partial charge in [0.05, 0.1) is 6.61 Å². The maximum absolute atomic E-state index is 11.5. The molecule has 3 nitrogen and oxygen atoms in total. The summed E-state index contributed by atoms with van der Waals surface area (Å²) in [6.45, 7) is 3.60. The molecule has 1 aliphatic carbocycles. The predicted molar refractivity (Wildman–Crippen MR) is 57.2 cm³/mol. The second-order valence-electron chi connectivity index (χ2n) is 3.22. The maximum Gasteiger partial charge on any atom is 0.334 e. The first-order valence-electron chi connectivity index (χ1n) is 4.89. The minimum absolute atomic E-state index is 0.0169. The Morgan fingerprint density at radius 2 is 1.87 bits per heavy atom. The van der Waals surface area contributed by atoms with Crippen molar-refractivity contribution in [2.75, 3.05) is 6.61 Å². The molecule has 0 heterocycles. The van der Waals surface area contributed by atoms with Gasteiger partial charge in [0.1, 0.15) is 0 Å². The molecule has 80 valence electrons. The molecule has 0 saturated heterocycles. The summed E-state index contributed by atoms with van der Waals surface area (Å²) >= 11 is 0. The van der Waals surface area contributed by atoms with E-state index >= 15 is 0 Å². The Bertz CT molecular complexity index is 359. The average Bonchev–Trinajstić information content (AvgIpc) is 2.43. The van der Waals surface area contributed by atoms with E-state index in [1.807, 2.05) is 0 Å². The lowest BCUT2D eigenvalue weighted by Gasteiger charge is -2.06. The van der Waals surface area contributed by atoms with Crippen LogP contribution in [0.5, 0.6) is 0 Å². The topological polar surface area (TPSA) is 43.4 Å². The van der Waals surface area contributed by atoms with Crippen LogP contribution in [0.15, 0.2) is 35.5 Å². The molecule has 0 unspecified atom stereocenters. The fourth-order valence-corrected chi connectivity index (χ4v) is 1.27. The molecular formula is C12H14O3. The summed E-state index contributed by atoms with van der Waals surface area (Å²) in [5, 5.41) is 0. The fourth-order valence-electron chi connectivity index (χ4n) is 1.27. The highest BCUT2D eigenvalue weighted by Gasteiger charge is 2.15. The Hall–Kier alpha value is -1.64. The van der Waals surface area contributed by atoms with E-state index in [-0.39, 0.29) is 11.8 Å². The quantitative estimate of drug-likeness (QED) is 0.663. The summed E-state index contributed by atoms with van der Waals surface area (Å²) in [7, 11) is 0. The first-order valence-corrected chi connectivity index (χ1v) is 4.89. The van der Waals surface area contributed by atoms with E-state index in [9.17, 15) is 9.59 Å². The predicted octanol–water partition coefficient (Wildman–Crippen LogP) is 1.95. The number of ether oxygens (including phenoxy) is 1. The fraction of sp³-hybridized carbons (Fsp3) is 0.333. The zero-order valence-electron chi connectivity index (χ0n) is 8.95. The summed E-state index contributed by atoms with van der Waals surface area (Å²) in [5.74, 6) is -0.368. The van der Waals surface area contributed by atoms with Crippen LogP contribution in [0.3, 0.4) is 0 Å². The Kier molecular flexibility index (Phi) is 4.03. The molecule has 0 saturated carbocycles. The highest BCUT2D eigenvalue weighted by atomic mass is 16.5. The molecule has 3 heteroatoms. The number of hydrogen-bond donors (Lipinski definition) is 0. The lowest BCUT2D eigenvalue weighted by Crippen LogP contribution is -2.09. The molecule has 0 aromatic heterocycles. The first kappa shape index (κ1) is 11.4. The summed E-state index contributed by atoms with van der Waals surface area (Å²) < 4.78 is 4.89. The van der Waals surface area contributed by atoms with E-state index in [4.69, 9.17) is 4.74 Å². The number of rotatable bonds is 3. The maximum atomic E-state index is 11.5. The molecule has 0 N–H and O–H groups in total. The van der Waals surface area contributed by atoms with Gasteiger partial charge in [-0.3, -0.25) is 4.79 Å². The van der Waals surface area contributed by atoms with Crippen molar-refractivity contribution < 1.29 is 14.3 Å². The van der Waals surface area contributed by atoms with Crippen LogP contribution in [0.4, 0.5) is 0 Å². The number of ketones is 1. The molecule has 0 aromatic rings. The van der Waals surface area contributed by atoms with Gasteiger partial charge in [0, 0.05) is 12.0 Å². The van der Waals surface area contributed by atoms with Crippen molar-refractivity contribution in [2.24, 2.45) is 0 Å². The van der Waals surface area contributed by atoms with E-state index in [1.54, 1.807) is 31.2 Å². The van der Waals surface area contributed by atoms with Crippen LogP contribution in [-0.4, -0.2) is 18.4 Å². The van der Waals surface area contributed by atoms with Crippen molar-refractivity contribution in [2.45, 2.75) is 20.3 Å². The van der Waals surface area contributed by atoms with Crippen molar-refractivity contribution in [3.8, 4) is 0 Å². The van der Waals surface area contributed by atoms with Gasteiger partial charge < -0.3 is 4.74 Å². The van der Waals surface area contributed by atoms with Crippen LogP contribution in [-0.2, 0) is 14.3 Å². The molecule has 1 aliphatic rings. The third-order valence-corrected chi connectivity index (χ3v) is 2.08. The molecule has 15 heavy (non-hydrogen) atoms. The first-order chi connectivity index (χ1) is 7.15. The normalized spacial score (nSPS) is 15.1. The van der Waals surface area contributed by atoms with Gasteiger partial charge >= 0.3 is 5.97 Å². The summed E-state index contributed by atoms with van der Waals surface area (Å²) in [4.78, 5) is 22.7. The van der Waals surface area contributed by atoms with E-state index < -0.39 is 0 Å². The van der Waals surface area contributed by atoms with Gasteiger partial charge in [-0.25, -0.2) is 4.79 Å². The second-order valence-corrected chi connectivity index (χ2v) is 3.22. The number of hydrogen-bond acceptors (Lipinski definition) is 3. The zero-order valence-corrected chi connectivity index (χ0v) is 8.95. The van der Waals surface area contributed by atoms with Crippen LogP contribution in [0, 0.1) is 0 Å². The monoisotopic (exact) mass is 206 g/mol. The number of allylic oxidation sites excluding steroid dienone is 5. The van der Waals surface area contributed by atoms with Gasteiger partial charge in [0.25, 0.3) is 0 Å².